The van der Waals surface area contributed by atoms with Crippen molar-refractivity contribution in [1.29, 1.82) is 0 Å². The van der Waals surface area contributed by atoms with Gasteiger partial charge in [-0.3, -0.25) is 0 Å². The molecule has 4 nitrogen and oxygen atoms in total. The van der Waals surface area contributed by atoms with Gasteiger partial charge in [-0.05, 0) is 37.8 Å². The lowest BCUT2D eigenvalue weighted by molar-refractivity contribution is -0.890. The number of aromatic hydroxyl groups is 1. The monoisotopic (exact) mass is 407 g/mol. The summed E-state index contributed by atoms with van der Waals surface area (Å²) in [7, 11) is 4.83. The van der Waals surface area contributed by atoms with Crippen molar-refractivity contribution in [2.45, 2.75) is 90.9 Å². The van der Waals surface area contributed by atoms with Crippen LogP contribution in [0.2, 0.25) is 0 Å². The van der Waals surface area contributed by atoms with Crippen molar-refractivity contribution in [3.63, 3.8) is 0 Å². The van der Waals surface area contributed by atoms with Crippen molar-refractivity contribution >= 4 is 5.97 Å². The molecule has 0 aromatic heterocycles. The van der Waals surface area contributed by atoms with Crippen LogP contribution in [0.25, 0.3) is 0 Å². The molecule has 0 aliphatic heterocycles. The molecule has 1 N–H and O–H groups in total. The third-order valence-corrected chi connectivity index (χ3v) is 5.36. The molecule has 29 heavy (non-hydrogen) atoms. The number of phenols is 1. The highest BCUT2D eigenvalue weighted by Crippen LogP contribution is 2.13. The number of nitrogens with zero attached hydrogens (tertiary/aromatic N) is 1. The number of rotatable bonds is 15. The molecule has 0 saturated heterocycles. The van der Waals surface area contributed by atoms with Gasteiger partial charge in [0.2, 0.25) is 0 Å². The molecular formula is C25H45NO3. The zero-order chi connectivity index (χ0) is 22.0. The molecule has 0 bridgehead atoms. The van der Waals surface area contributed by atoms with Gasteiger partial charge in [0.1, 0.15) is 5.75 Å². The second-order valence-corrected chi connectivity index (χ2v) is 8.72. The second-order valence-electron chi connectivity index (χ2n) is 8.72. The van der Waals surface area contributed by atoms with E-state index in [1.165, 1.54) is 113 Å². The summed E-state index contributed by atoms with van der Waals surface area (Å²) in [5.74, 6) is -1.62. The average molecular weight is 408 g/mol. The van der Waals surface area contributed by atoms with Gasteiger partial charge in [-0.1, -0.05) is 77.3 Å². The largest absolute Gasteiger partial charge is 0.545 e. The maximum absolute atomic E-state index is 10.2. The molecule has 0 heterocycles. The Bertz CT molecular complexity index is 511. The normalized spacial score (nSPS) is 11.0. The number of unbranched alkanes of at least 4 members (excludes halogenated alkanes) is 10. The molecule has 0 aliphatic carbocycles. The Hall–Kier alpha value is -1.55. The van der Waals surface area contributed by atoms with E-state index < -0.39 is 5.97 Å². The molecule has 0 radical (unpaired) electrons. The van der Waals surface area contributed by atoms with E-state index in [0.29, 0.717) is 0 Å². The summed E-state index contributed by atoms with van der Waals surface area (Å²) in [6, 6.07) is 5.64. The van der Waals surface area contributed by atoms with Gasteiger partial charge in [0, 0.05) is 5.56 Å². The smallest absolute Gasteiger partial charge is 0.124 e. The Morgan fingerprint density at radius 1 is 0.793 bits per heavy atom. The minimum absolute atomic E-state index is 0.178. The van der Waals surface area contributed by atoms with Crippen molar-refractivity contribution in [3.8, 4) is 5.75 Å². The van der Waals surface area contributed by atoms with Gasteiger partial charge < -0.3 is 19.5 Å². The number of quaternary nitrogens is 1. The summed E-state index contributed by atoms with van der Waals surface area (Å²) < 4.78 is 1.24. The topological polar surface area (TPSA) is 60.4 Å². The van der Waals surface area contributed by atoms with E-state index in [0.717, 1.165) is 0 Å². The fourth-order valence-electron chi connectivity index (χ4n) is 3.40. The van der Waals surface area contributed by atoms with Crippen LogP contribution in [0.4, 0.5) is 0 Å². The number of hydrogen-bond acceptors (Lipinski definition) is 3. The van der Waals surface area contributed by atoms with E-state index >= 15 is 0 Å². The van der Waals surface area contributed by atoms with Crippen LogP contribution in [0.15, 0.2) is 24.3 Å². The van der Waals surface area contributed by atoms with Gasteiger partial charge in [0.05, 0.1) is 33.2 Å². The number of hydrogen-bond donors (Lipinski definition) is 1. The standard InChI is InChI=1S/C18H40N.C7H6O3/c1-5-7-9-11-13-15-17-19(3,4)18-16-14-12-10-8-6-2;8-6-4-2-1-3-5(6)7(9)10/h5-18H2,1-4H3;1-4,8H,(H,9,10)/q+1;/p-1. The van der Waals surface area contributed by atoms with Crippen LogP contribution in [0.1, 0.15) is 101 Å². The van der Waals surface area contributed by atoms with Crippen molar-refractivity contribution in [2.75, 3.05) is 27.2 Å². The molecule has 0 aliphatic rings. The van der Waals surface area contributed by atoms with Crippen LogP contribution in [0.3, 0.4) is 0 Å². The first-order valence-electron chi connectivity index (χ1n) is 11.7. The lowest BCUT2D eigenvalue weighted by Crippen LogP contribution is -2.41. The lowest BCUT2D eigenvalue weighted by atomic mass is 10.1. The quantitative estimate of drug-likeness (QED) is 0.307. The molecule has 0 fully saturated rings. The molecule has 0 amide bonds. The number of para-hydroxylation sites is 1. The van der Waals surface area contributed by atoms with E-state index in [9.17, 15) is 9.90 Å². The summed E-state index contributed by atoms with van der Waals surface area (Å²) >= 11 is 0. The van der Waals surface area contributed by atoms with Gasteiger partial charge in [-0.25, -0.2) is 0 Å². The Morgan fingerprint density at radius 3 is 1.59 bits per heavy atom. The Labute approximate surface area is 179 Å². The van der Waals surface area contributed by atoms with Gasteiger partial charge in [-0.2, -0.15) is 0 Å². The lowest BCUT2D eigenvalue weighted by Gasteiger charge is -2.30. The first-order valence-corrected chi connectivity index (χ1v) is 11.7. The summed E-state index contributed by atoms with van der Waals surface area (Å²) in [5.41, 5.74) is -0.178. The fraction of sp³-hybridized carbons (Fsp3) is 0.720. The number of benzene rings is 1. The highest BCUT2D eigenvalue weighted by Gasteiger charge is 2.13. The molecule has 0 atom stereocenters. The molecule has 1 rings (SSSR count). The van der Waals surface area contributed by atoms with Crippen molar-refractivity contribution in [2.24, 2.45) is 0 Å². The van der Waals surface area contributed by atoms with Crippen LogP contribution in [0, 0.1) is 0 Å². The van der Waals surface area contributed by atoms with E-state index in [1.807, 2.05) is 0 Å². The summed E-state index contributed by atoms with van der Waals surface area (Å²) in [6.45, 7) is 7.34. The Morgan fingerprint density at radius 2 is 1.21 bits per heavy atom. The van der Waals surface area contributed by atoms with Gasteiger partial charge in [0.25, 0.3) is 0 Å². The third kappa shape index (κ3) is 16.0. The summed E-state index contributed by atoms with van der Waals surface area (Å²) in [4.78, 5) is 10.2. The minimum Gasteiger partial charge on any atom is -0.545 e. The molecule has 1 aromatic carbocycles. The van der Waals surface area contributed by atoms with E-state index in [4.69, 9.17) is 5.11 Å². The Kier molecular flexibility index (Phi) is 16.4. The molecular weight excluding hydrogens is 362 g/mol. The number of carboxylic acid groups (broad SMARTS) is 1. The van der Waals surface area contributed by atoms with Crippen LogP contribution in [-0.4, -0.2) is 42.7 Å². The third-order valence-electron chi connectivity index (χ3n) is 5.36. The average Bonchev–Trinajstić information content (AvgIpc) is 2.68. The molecule has 1 aromatic rings. The van der Waals surface area contributed by atoms with Gasteiger partial charge in [0.15, 0.2) is 0 Å². The van der Waals surface area contributed by atoms with Crippen molar-refractivity contribution in [1.82, 2.24) is 0 Å². The van der Waals surface area contributed by atoms with Crippen LogP contribution in [-0.2, 0) is 0 Å². The molecule has 0 saturated carbocycles. The highest BCUT2D eigenvalue weighted by molar-refractivity contribution is 5.88. The Balaban J connectivity index is 0.000000651. The van der Waals surface area contributed by atoms with Gasteiger partial charge in [-0.15, -0.1) is 0 Å². The number of carbonyl (C=O) groups is 1. The summed E-state index contributed by atoms with van der Waals surface area (Å²) in [6.07, 6.45) is 17.1. The summed E-state index contributed by atoms with van der Waals surface area (Å²) in [5, 5.41) is 19.0. The molecule has 4 heteroatoms. The van der Waals surface area contributed by atoms with E-state index in [-0.39, 0.29) is 11.3 Å². The zero-order valence-corrected chi connectivity index (χ0v) is 19.4. The molecule has 0 unspecified atom stereocenters. The van der Waals surface area contributed by atoms with Crippen LogP contribution >= 0.6 is 0 Å². The van der Waals surface area contributed by atoms with E-state index in [2.05, 4.69) is 27.9 Å². The molecule has 0 spiro atoms. The van der Waals surface area contributed by atoms with Crippen LogP contribution in [0.5, 0.6) is 5.75 Å². The van der Waals surface area contributed by atoms with Gasteiger partial charge >= 0.3 is 0 Å². The molecule has 168 valence electrons. The predicted octanol–water partition coefficient (Wildman–Crippen LogP) is 5.54. The minimum atomic E-state index is -1.36. The number of carbonyl (C=O) groups excluding carboxylic acids is 1. The first-order chi connectivity index (χ1) is 13.8. The second kappa shape index (κ2) is 17.3. The highest BCUT2D eigenvalue weighted by atomic mass is 16.4. The zero-order valence-electron chi connectivity index (χ0n) is 19.4. The van der Waals surface area contributed by atoms with Crippen LogP contribution < -0.4 is 5.11 Å². The number of aromatic carboxylic acids is 1. The predicted molar refractivity (Wildman–Crippen MR) is 121 cm³/mol. The SMILES string of the molecule is CCCCCCCC[N+](C)(C)CCCCCCCC.O=C([O-])c1ccccc1O. The maximum atomic E-state index is 10.2. The first kappa shape index (κ1) is 27.5. The van der Waals surface area contributed by atoms with E-state index in [1.54, 1.807) is 6.07 Å². The fourth-order valence-corrected chi connectivity index (χ4v) is 3.40. The number of carboxylic acids is 1. The van der Waals surface area contributed by atoms with Crippen molar-refractivity contribution < 1.29 is 19.5 Å². The maximum Gasteiger partial charge on any atom is 0.124 e. The van der Waals surface area contributed by atoms with Crippen molar-refractivity contribution in [3.05, 3.63) is 29.8 Å².